The van der Waals surface area contributed by atoms with Crippen LogP contribution < -0.4 is 0 Å². The number of rotatable bonds is 1. The van der Waals surface area contributed by atoms with Crippen LogP contribution >= 0.6 is 0 Å². The van der Waals surface area contributed by atoms with Gasteiger partial charge in [0.2, 0.25) is 16.3 Å². The lowest BCUT2D eigenvalue weighted by atomic mass is 10.1. The number of carbonyl (C=O) groups excluding carboxylic acids is 1. The number of carbonyl (C=O) groups is 1. The van der Waals surface area contributed by atoms with E-state index >= 15 is 0 Å². The molecule has 1 N–H and O–H groups in total. The minimum Gasteiger partial charge on any atom is -0.462 e. The largest absolute Gasteiger partial charge is 0.462 e. The molecule has 4 heteroatoms. The summed E-state index contributed by atoms with van der Waals surface area (Å²) in [5, 5.41) is 9.62. The molecule has 2 unspecified atom stereocenters. The van der Waals surface area contributed by atoms with Crippen molar-refractivity contribution in [2.24, 2.45) is 5.41 Å². The van der Waals surface area contributed by atoms with E-state index in [0.29, 0.717) is 4.78 Å². The van der Waals surface area contributed by atoms with Gasteiger partial charge < -0.3 is 9.84 Å². The molecule has 0 aliphatic heterocycles. The first-order valence-electron chi connectivity index (χ1n) is 4.89. The molecular formula is C9H15AlO3. The van der Waals surface area contributed by atoms with Crippen molar-refractivity contribution in [3.8, 4) is 0 Å². The quantitative estimate of drug-likeness (QED) is 0.472. The van der Waals surface area contributed by atoms with E-state index in [4.69, 9.17) is 4.74 Å². The van der Waals surface area contributed by atoms with Gasteiger partial charge in [-0.25, -0.2) is 0 Å². The minimum atomic E-state index is -0.187. The first-order valence-corrected chi connectivity index (χ1v) is 6.04. The number of hydrogen-bond acceptors (Lipinski definition) is 3. The van der Waals surface area contributed by atoms with Gasteiger partial charge in [0.15, 0.2) is 0 Å². The summed E-state index contributed by atoms with van der Waals surface area (Å²) in [7, 11) is 0. The summed E-state index contributed by atoms with van der Waals surface area (Å²) in [4.78, 5) is 10.7. The Hall–Kier alpha value is -0.0375. The lowest BCUT2D eigenvalue weighted by Crippen LogP contribution is -2.10. The molecule has 0 radical (unpaired) electrons. The molecule has 0 heterocycles. The zero-order valence-electron chi connectivity index (χ0n) is 8.12. The Balaban J connectivity index is 1.93. The van der Waals surface area contributed by atoms with Crippen molar-refractivity contribution < 1.29 is 14.6 Å². The predicted octanol–water partition coefficient (Wildman–Crippen LogP) is -0.115. The summed E-state index contributed by atoms with van der Waals surface area (Å²) >= 11 is 1.05. The topological polar surface area (TPSA) is 46.5 Å². The highest BCUT2D eigenvalue weighted by atomic mass is 27.0. The summed E-state index contributed by atoms with van der Waals surface area (Å²) < 4.78 is 5.66. The van der Waals surface area contributed by atoms with Crippen molar-refractivity contribution in [2.75, 3.05) is 0 Å². The minimum absolute atomic E-state index is 0.110. The predicted molar refractivity (Wildman–Crippen MR) is 50.1 cm³/mol. The van der Waals surface area contributed by atoms with Crippen LogP contribution in [0.1, 0.15) is 26.2 Å². The Kier molecular flexibility index (Phi) is 2.18. The molecular weight excluding hydrogens is 183 g/mol. The lowest BCUT2D eigenvalue weighted by Gasteiger charge is -2.07. The van der Waals surface area contributed by atoms with Crippen LogP contribution in [0.5, 0.6) is 0 Å². The van der Waals surface area contributed by atoms with Gasteiger partial charge in [0.05, 0.1) is 0 Å². The third-order valence-corrected chi connectivity index (χ3v) is 4.60. The molecule has 4 atom stereocenters. The molecule has 2 aliphatic carbocycles. The Labute approximate surface area is 85.9 Å². The van der Waals surface area contributed by atoms with Crippen LogP contribution in [-0.4, -0.2) is 39.6 Å². The van der Waals surface area contributed by atoms with E-state index in [-0.39, 0.29) is 23.6 Å². The Morgan fingerprint density at radius 2 is 2.23 bits per heavy atom. The monoisotopic (exact) mass is 198 g/mol. The van der Waals surface area contributed by atoms with Gasteiger partial charge in [-0.2, -0.15) is 0 Å². The summed E-state index contributed by atoms with van der Waals surface area (Å²) in [6.45, 7) is 1.45. The second kappa shape index (κ2) is 2.98. The van der Waals surface area contributed by atoms with E-state index in [9.17, 15) is 9.90 Å². The third kappa shape index (κ3) is 1.63. The molecule has 2 fully saturated rings. The molecule has 0 amide bonds. The number of ether oxygens (including phenoxy) is 1. The van der Waals surface area contributed by atoms with E-state index in [1.165, 1.54) is 6.92 Å². The normalized spacial score (nSPS) is 48.0. The SMILES string of the molecule is CC(=O)O[C@H]1CC12CC(O)[C@@H]([AlH2])C2. The number of aliphatic hydroxyl groups is 1. The highest BCUT2D eigenvalue weighted by Gasteiger charge is 2.61. The van der Waals surface area contributed by atoms with Crippen LogP contribution in [0.15, 0.2) is 0 Å². The van der Waals surface area contributed by atoms with Gasteiger partial charge in [0.25, 0.3) is 0 Å². The second-order valence-corrected chi connectivity index (χ2v) is 6.10. The highest BCUT2D eigenvalue weighted by molar-refractivity contribution is 6.12. The van der Waals surface area contributed by atoms with Crippen molar-refractivity contribution in [3.63, 3.8) is 0 Å². The molecule has 0 aromatic heterocycles. The van der Waals surface area contributed by atoms with Crippen molar-refractivity contribution in [3.05, 3.63) is 0 Å². The van der Waals surface area contributed by atoms with Crippen molar-refractivity contribution in [1.82, 2.24) is 0 Å². The first-order chi connectivity index (χ1) is 6.03. The molecule has 0 aromatic rings. The van der Waals surface area contributed by atoms with Crippen LogP contribution in [0, 0.1) is 5.41 Å². The van der Waals surface area contributed by atoms with Gasteiger partial charge in [0.1, 0.15) is 6.10 Å². The summed E-state index contributed by atoms with van der Waals surface area (Å²) in [5.41, 5.74) is 0.178. The van der Waals surface area contributed by atoms with E-state index in [1.807, 2.05) is 0 Å². The molecule has 2 aliphatic rings. The Morgan fingerprint density at radius 1 is 1.54 bits per heavy atom. The fraction of sp³-hybridized carbons (Fsp3) is 0.889. The maximum atomic E-state index is 10.7. The summed E-state index contributed by atoms with van der Waals surface area (Å²) in [6, 6.07) is 0. The summed E-state index contributed by atoms with van der Waals surface area (Å²) in [6.07, 6.45) is 2.87. The summed E-state index contributed by atoms with van der Waals surface area (Å²) in [5.74, 6) is -0.187. The number of aliphatic hydroxyl groups excluding tert-OH is 1. The van der Waals surface area contributed by atoms with Crippen LogP contribution in [0.2, 0.25) is 4.78 Å². The van der Waals surface area contributed by atoms with Crippen molar-refractivity contribution in [1.29, 1.82) is 0 Å². The maximum Gasteiger partial charge on any atom is 0.302 e. The maximum absolute atomic E-state index is 10.7. The van der Waals surface area contributed by atoms with E-state index in [2.05, 4.69) is 0 Å². The van der Waals surface area contributed by atoms with Gasteiger partial charge in [-0.05, 0) is 12.8 Å². The molecule has 72 valence electrons. The second-order valence-electron chi connectivity index (χ2n) is 4.62. The van der Waals surface area contributed by atoms with E-state index < -0.39 is 0 Å². The van der Waals surface area contributed by atoms with Crippen LogP contribution in [0.3, 0.4) is 0 Å². The van der Waals surface area contributed by atoms with Gasteiger partial charge in [0, 0.05) is 18.4 Å². The van der Waals surface area contributed by atoms with Crippen LogP contribution in [-0.2, 0) is 9.53 Å². The number of esters is 1. The number of hydrogen-bond donors (Lipinski definition) is 1. The fourth-order valence-electron chi connectivity index (χ4n) is 2.59. The van der Waals surface area contributed by atoms with Gasteiger partial charge in [-0.15, -0.1) is 0 Å². The lowest BCUT2D eigenvalue weighted by molar-refractivity contribution is -0.143. The van der Waals surface area contributed by atoms with Crippen LogP contribution in [0.25, 0.3) is 0 Å². The third-order valence-electron chi connectivity index (χ3n) is 3.42. The Bertz CT molecular complexity index is 231. The van der Waals surface area contributed by atoms with E-state index in [0.717, 1.165) is 35.6 Å². The highest BCUT2D eigenvalue weighted by Crippen LogP contribution is 2.62. The van der Waals surface area contributed by atoms with E-state index in [1.54, 1.807) is 0 Å². The molecule has 3 nitrogen and oxygen atoms in total. The molecule has 1 spiro atoms. The molecule has 0 aromatic carbocycles. The van der Waals surface area contributed by atoms with Crippen molar-refractivity contribution >= 4 is 22.3 Å². The van der Waals surface area contributed by atoms with Gasteiger partial charge in [-0.3, -0.25) is 4.79 Å². The molecule has 0 bridgehead atoms. The zero-order valence-corrected chi connectivity index (χ0v) is 10.1. The standard InChI is InChI=1S/C9H13O3.Al.2H/c1-6(10)12-8-5-9(8)3-2-7(11)4-9;;;/h2,7-8,11H,3-5H2,1H3;;;/t7?,8-,9?;;;/m0.../s1. The molecule has 2 saturated carbocycles. The van der Waals surface area contributed by atoms with Gasteiger partial charge >= 0.3 is 5.97 Å². The molecule has 0 saturated heterocycles. The van der Waals surface area contributed by atoms with Gasteiger partial charge in [-0.1, -0.05) is 11.2 Å². The smallest absolute Gasteiger partial charge is 0.302 e. The Morgan fingerprint density at radius 3 is 2.69 bits per heavy atom. The average molecular weight is 198 g/mol. The zero-order chi connectivity index (χ0) is 9.64. The average Bonchev–Trinajstić information content (AvgIpc) is 2.51. The molecule has 2 rings (SSSR count). The van der Waals surface area contributed by atoms with Crippen molar-refractivity contribution in [2.45, 2.75) is 43.2 Å². The fourth-order valence-corrected chi connectivity index (χ4v) is 3.63. The molecule has 13 heavy (non-hydrogen) atoms. The van der Waals surface area contributed by atoms with Crippen LogP contribution in [0.4, 0.5) is 0 Å². The first kappa shape index (κ1) is 9.51.